The van der Waals surface area contributed by atoms with E-state index < -0.39 is 0 Å². The summed E-state index contributed by atoms with van der Waals surface area (Å²) in [5, 5.41) is 0.818. The fourth-order valence-corrected chi connectivity index (χ4v) is 6.27. The monoisotopic (exact) mass is 366 g/mol. The SMILES string of the molecule is O=C(CCCCC1CCSS1)N1CCCC(Oc2ccncc2)C1. The zero-order valence-electron chi connectivity index (χ0n) is 14.1. The summed E-state index contributed by atoms with van der Waals surface area (Å²) >= 11 is 0. The first-order chi connectivity index (χ1) is 11.8. The number of carbonyl (C=O) groups is 1. The number of hydrogen-bond acceptors (Lipinski definition) is 5. The van der Waals surface area contributed by atoms with Crippen LogP contribution < -0.4 is 4.74 Å². The standard InChI is InChI=1S/C18H26N2O2S2/c21-18(6-2-1-5-17-9-13-23-24-17)20-12-3-4-16(14-20)22-15-7-10-19-11-8-15/h7-8,10-11,16-17H,1-6,9,12-14H2. The molecule has 0 saturated carbocycles. The van der Waals surface area contributed by atoms with E-state index in [4.69, 9.17) is 4.74 Å². The number of hydrogen-bond donors (Lipinski definition) is 0. The highest BCUT2D eigenvalue weighted by Crippen LogP contribution is 2.39. The molecule has 4 nitrogen and oxygen atoms in total. The van der Waals surface area contributed by atoms with Crippen LogP contribution in [0.15, 0.2) is 24.5 Å². The first kappa shape index (κ1) is 17.9. The number of ether oxygens (including phenoxy) is 1. The highest BCUT2D eigenvalue weighted by atomic mass is 33.1. The maximum absolute atomic E-state index is 12.4. The van der Waals surface area contributed by atoms with Crippen molar-refractivity contribution in [3.8, 4) is 5.75 Å². The number of pyridine rings is 1. The zero-order valence-corrected chi connectivity index (χ0v) is 15.7. The molecule has 3 heterocycles. The van der Waals surface area contributed by atoms with Crippen LogP contribution in [0.2, 0.25) is 0 Å². The maximum Gasteiger partial charge on any atom is 0.222 e. The van der Waals surface area contributed by atoms with Gasteiger partial charge in [0.1, 0.15) is 11.9 Å². The van der Waals surface area contributed by atoms with E-state index in [9.17, 15) is 4.79 Å². The molecule has 3 rings (SSSR count). The van der Waals surface area contributed by atoms with Gasteiger partial charge >= 0.3 is 0 Å². The molecule has 132 valence electrons. The Bertz CT molecular complexity index is 509. The Morgan fingerprint density at radius 2 is 2.17 bits per heavy atom. The van der Waals surface area contributed by atoms with Gasteiger partial charge in [-0.2, -0.15) is 0 Å². The molecule has 1 aromatic rings. The molecular weight excluding hydrogens is 340 g/mol. The van der Waals surface area contributed by atoms with Crippen LogP contribution in [0.5, 0.6) is 5.75 Å². The quantitative estimate of drug-likeness (QED) is 0.535. The Balaban J connectivity index is 1.36. The summed E-state index contributed by atoms with van der Waals surface area (Å²) in [4.78, 5) is 18.4. The van der Waals surface area contributed by atoms with E-state index in [0.717, 1.165) is 43.4 Å². The third-order valence-electron chi connectivity index (χ3n) is 4.58. The average molecular weight is 367 g/mol. The molecule has 0 N–H and O–H groups in total. The van der Waals surface area contributed by atoms with Gasteiger partial charge in [0.2, 0.25) is 5.91 Å². The van der Waals surface area contributed by atoms with Crippen molar-refractivity contribution in [3.05, 3.63) is 24.5 Å². The third kappa shape index (κ3) is 5.59. The average Bonchev–Trinajstić information content (AvgIpc) is 3.13. The number of aromatic nitrogens is 1. The van der Waals surface area contributed by atoms with Gasteiger partial charge in [0.15, 0.2) is 0 Å². The lowest BCUT2D eigenvalue weighted by Gasteiger charge is -2.33. The molecule has 0 aliphatic carbocycles. The summed E-state index contributed by atoms with van der Waals surface area (Å²) in [6.45, 7) is 1.60. The number of amides is 1. The minimum absolute atomic E-state index is 0.108. The Hall–Kier alpha value is -0.880. The molecule has 0 bridgehead atoms. The van der Waals surface area contributed by atoms with E-state index in [-0.39, 0.29) is 6.10 Å². The van der Waals surface area contributed by atoms with Gasteiger partial charge in [-0.3, -0.25) is 9.78 Å². The maximum atomic E-state index is 12.4. The van der Waals surface area contributed by atoms with Crippen LogP contribution in [0.4, 0.5) is 0 Å². The van der Waals surface area contributed by atoms with Crippen LogP contribution >= 0.6 is 21.6 Å². The van der Waals surface area contributed by atoms with Gasteiger partial charge in [-0.25, -0.2) is 0 Å². The molecule has 2 atom stereocenters. The van der Waals surface area contributed by atoms with Gasteiger partial charge in [-0.15, -0.1) is 0 Å². The predicted molar refractivity (Wildman–Crippen MR) is 101 cm³/mol. The first-order valence-electron chi connectivity index (χ1n) is 8.94. The molecule has 2 fully saturated rings. The number of rotatable bonds is 7. The summed E-state index contributed by atoms with van der Waals surface area (Å²) in [5.74, 6) is 2.43. The van der Waals surface area contributed by atoms with Gasteiger partial charge in [0, 0.05) is 36.4 Å². The first-order valence-corrected chi connectivity index (χ1v) is 11.3. The molecule has 6 heteroatoms. The van der Waals surface area contributed by atoms with Crippen LogP contribution in [0.1, 0.15) is 44.9 Å². The lowest BCUT2D eigenvalue weighted by molar-refractivity contribution is -0.133. The fraction of sp³-hybridized carbons (Fsp3) is 0.667. The van der Waals surface area contributed by atoms with Gasteiger partial charge < -0.3 is 9.64 Å². The zero-order chi connectivity index (χ0) is 16.6. The van der Waals surface area contributed by atoms with Gasteiger partial charge in [-0.1, -0.05) is 28.0 Å². The molecule has 2 unspecified atom stereocenters. The molecule has 2 saturated heterocycles. The van der Waals surface area contributed by atoms with Crippen LogP contribution in [-0.4, -0.2) is 46.0 Å². The van der Waals surface area contributed by atoms with Crippen molar-refractivity contribution in [2.45, 2.75) is 56.3 Å². The summed E-state index contributed by atoms with van der Waals surface area (Å²) in [5.41, 5.74) is 0. The Morgan fingerprint density at radius 1 is 1.29 bits per heavy atom. The van der Waals surface area contributed by atoms with Crippen molar-refractivity contribution in [1.82, 2.24) is 9.88 Å². The lowest BCUT2D eigenvalue weighted by atomic mass is 10.1. The predicted octanol–water partition coefficient (Wildman–Crippen LogP) is 4.17. The highest BCUT2D eigenvalue weighted by Gasteiger charge is 2.24. The van der Waals surface area contributed by atoms with Gasteiger partial charge in [0.05, 0.1) is 6.54 Å². The van der Waals surface area contributed by atoms with Crippen LogP contribution in [0, 0.1) is 0 Å². The van der Waals surface area contributed by atoms with Crippen molar-refractivity contribution < 1.29 is 9.53 Å². The van der Waals surface area contributed by atoms with Gasteiger partial charge in [-0.05, 0) is 44.2 Å². The van der Waals surface area contributed by atoms with Crippen molar-refractivity contribution in [2.75, 3.05) is 18.8 Å². The molecule has 0 aromatic carbocycles. The second-order valence-corrected chi connectivity index (χ2v) is 9.27. The topological polar surface area (TPSA) is 42.4 Å². The van der Waals surface area contributed by atoms with Crippen molar-refractivity contribution in [1.29, 1.82) is 0 Å². The normalized spacial score (nSPS) is 24.1. The molecule has 1 aromatic heterocycles. The minimum atomic E-state index is 0.108. The van der Waals surface area contributed by atoms with E-state index in [2.05, 4.69) is 4.98 Å². The number of nitrogens with zero attached hydrogens (tertiary/aromatic N) is 2. The molecule has 1 amide bonds. The Labute approximate surface area is 152 Å². The van der Waals surface area contributed by atoms with E-state index >= 15 is 0 Å². The lowest BCUT2D eigenvalue weighted by Crippen LogP contribution is -2.44. The van der Waals surface area contributed by atoms with Crippen LogP contribution in [0.25, 0.3) is 0 Å². The van der Waals surface area contributed by atoms with E-state index in [1.165, 1.54) is 25.0 Å². The van der Waals surface area contributed by atoms with Crippen molar-refractivity contribution in [3.63, 3.8) is 0 Å². The molecule has 0 spiro atoms. The Kier molecular flexibility index (Phi) is 7.14. The van der Waals surface area contributed by atoms with Crippen molar-refractivity contribution >= 4 is 27.5 Å². The summed E-state index contributed by atoms with van der Waals surface area (Å²) in [6.07, 6.45) is 11.1. The van der Waals surface area contributed by atoms with Crippen molar-refractivity contribution in [2.24, 2.45) is 0 Å². The summed E-state index contributed by atoms with van der Waals surface area (Å²) < 4.78 is 5.99. The third-order valence-corrected chi connectivity index (χ3v) is 7.58. The number of carbonyl (C=O) groups excluding carboxylic acids is 1. The van der Waals surface area contributed by atoms with E-state index in [1.807, 2.05) is 38.6 Å². The molecule has 24 heavy (non-hydrogen) atoms. The molecule has 2 aliphatic rings. The number of unbranched alkanes of at least 4 members (excludes halogenated alkanes) is 1. The second-order valence-electron chi connectivity index (χ2n) is 6.48. The van der Waals surface area contributed by atoms with E-state index in [0.29, 0.717) is 12.3 Å². The molecule has 2 aliphatic heterocycles. The van der Waals surface area contributed by atoms with E-state index in [1.54, 1.807) is 12.4 Å². The largest absolute Gasteiger partial charge is 0.488 e. The fourth-order valence-electron chi connectivity index (χ4n) is 3.24. The minimum Gasteiger partial charge on any atom is -0.488 e. The summed E-state index contributed by atoms with van der Waals surface area (Å²) in [6, 6.07) is 3.75. The smallest absolute Gasteiger partial charge is 0.222 e. The molecule has 0 radical (unpaired) electrons. The molecular formula is C18H26N2O2S2. The number of likely N-dealkylation sites (tertiary alicyclic amines) is 1. The van der Waals surface area contributed by atoms with Crippen LogP contribution in [0.3, 0.4) is 0 Å². The van der Waals surface area contributed by atoms with Crippen LogP contribution in [-0.2, 0) is 4.79 Å². The second kappa shape index (κ2) is 9.56. The summed E-state index contributed by atoms with van der Waals surface area (Å²) in [7, 11) is 4.02. The number of piperidine rings is 1. The highest BCUT2D eigenvalue weighted by molar-refractivity contribution is 8.77. The Morgan fingerprint density at radius 3 is 2.96 bits per heavy atom. The van der Waals surface area contributed by atoms with Gasteiger partial charge in [0.25, 0.3) is 0 Å².